The molecular weight excluding hydrogens is 289 g/mol. The third kappa shape index (κ3) is 5.01. The molecule has 0 atom stereocenters. The summed E-state index contributed by atoms with van der Waals surface area (Å²) in [7, 11) is 0. The molecule has 1 aromatic rings. The standard InChI is InChI=1S/C12H15BrClNO/c1-2-16-7-3-6-15-9-10-4-5-11(13)8-12(10)14/h2,4-5,8,15H,1,3,6-7,9H2. The van der Waals surface area contributed by atoms with Crippen molar-refractivity contribution in [2.24, 2.45) is 0 Å². The topological polar surface area (TPSA) is 21.3 Å². The van der Waals surface area contributed by atoms with Gasteiger partial charge in [-0.25, -0.2) is 0 Å². The molecule has 16 heavy (non-hydrogen) atoms. The minimum Gasteiger partial charge on any atom is -0.502 e. The molecule has 0 fully saturated rings. The molecule has 4 heteroatoms. The summed E-state index contributed by atoms with van der Waals surface area (Å²) in [5, 5.41) is 4.09. The van der Waals surface area contributed by atoms with Gasteiger partial charge in [0.05, 0.1) is 12.9 Å². The van der Waals surface area contributed by atoms with E-state index in [-0.39, 0.29) is 0 Å². The van der Waals surface area contributed by atoms with Gasteiger partial charge in [-0.2, -0.15) is 0 Å². The van der Waals surface area contributed by atoms with Crippen molar-refractivity contribution in [3.63, 3.8) is 0 Å². The van der Waals surface area contributed by atoms with Gasteiger partial charge in [0.25, 0.3) is 0 Å². The number of hydrogen-bond donors (Lipinski definition) is 1. The van der Waals surface area contributed by atoms with Crippen LogP contribution >= 0.6 is 27.5 Å². The first kappa shape index (κ1) is 13.6. The Balaban J connectivity index is 2.24. The summed E-state index contributed by atoms with van der Waals surface area (Å²) in [5.41, 5.74) is 1.11. The van der Waals surface area contributed by atoms with Crippen molar-refractivity contribution in [3.05, 3.63) is 46.1 Å². The minimum absolute atomic E-state index is 0.699. The average molecular weight is 305 g/mol. The van der Waals surface area contributed by atoms with Gasteiger partial charge in [-0.1, -0.05) is 40.2 Å². The Labute approximate surface area is 110 Å². The van der Waals surface area contributed by atoms with Gasteiger partial charge >= 0.3 is 0 Å². The summed E-state index contributed by atoms with van der Waals surface area (Å²) in [5.74, 6) is 0. The van der Waals surface area contributed by atoms with Crippen molar-refractivity contribution in [2.75, 3.05) is 13.2 Å². The fourth-order valence-corrected chi connectivity index (χ4v) is 1.99. The van der Waals surface area contributed by atoms with Crippen LogP contribution in [-0.4, -0.2) is 13.2 Å². The largest absolute Gasteiger partial charge is 0.502 e. The first-order chi connectivity index (χ1) is 7.74. The second-order valence-electron chi connectivity index (χ2n) is 3.30. The van der Waals surface area contributed by atoms with E-state index >= 15 is 0 Å². The lowest BCUT2D eigenvalue weighted by Gasteiger charge is -2.07. The van der Waals surface area contributed by atoms with E-state index in [1.807, 2.05) is 18.2 Å². The predicted octanol–water partition coefficient (Wildman–Crippen LogP) is 3.74. The fraction of sp³-hybridized carbons (Fsp3) is 0.333. The summed E-state index contributed by atoms with van der Waals surface area (Å²) in [6, 6.07) is 5.91. The summed E-state index contributed by atoms with van der Waals surface area (Å²) in [4.78, 5) is 0. The average Bonchev–Trinajstić information content (AvgIpc) is 2.26. The summed E-state index contributed by atoms with van der Waals surface area (Å²) in [6.07, 6.45) is 2.42. The predicted molar refractivity (Wildman–Crippen MR) is 71.6 cm³/mol. The maximum Gasteiger partial charge on any atom is 0.0885 e. The molecule has 1 N–H and O–H groups in total. The molecule has 0 heterocycles. The Morgan fingerprint density at radius 3 is 3.00 bits per heavy atom. The molecule has 88 valence electrons. The second-order valence-corrected chi connectivity index (χ2v) is 4.63. The zero-order valence-electron chi connectivity index (χ0n) is 9.01. The molecule has 0 aliphatic rings. The maximum absolute atomic E-state index is 6.08. The highest BCUT2D eigenvalue weighted by Gasteiger charge is 1.99. The van der Waals surface area contributed by atoms with Crippen LogP contribution < -0.4 is 5.32 Å². The zero-order valence-corrected chi connectivity index (χ0v) is 11.4. The molecule has 2 nitrogen and oxygen atoms in total. The number of rotatable bonds is 7. The van der Waals surface area contributed by atoms with Crippen LogP contribution in [0.1, 0.15) is 12.0 Å². The molecule has 0 spiro atoms. The van der Waals surface area contributed by atoms with Crippen molar-refractivity contribution < 1.29 is 4.74 Å². The van der Waals surface area contributed by atoms with Gasteiger partial charge in [0.2, 0.25) is 0 Å². The lowest BCUT2D eigenvalue weighted by molar-refractivity contribution is 0.244. The molecule has 0 radical (unpaired) electrons. The van der Waals surface area contributed by atoms with Gasteiger partial charge in [-0.05, 0) is 30.7 Å². The molecule has 0 bridgehead atoms. The Kier molecular flexibility index (Phi) is 6.53. The molecule has 1 rings (SSSR count). The lowest BCUT2D eigenvalue weighted by Crippen LogP contribution is -2.16. The van der Waals surface area contributed by atoms with Crippen LogP contribution in [0.2, 0.25) is 5.02 Å². The highest BCUT2D eigenvalue weighted by molar-refractivity contribution is 9.10. The van der Waals surface area contributed by atoms with Gasteiger partial charge < -0.3 is 10.1 Å². The maximum atomic E-state index is 6.08. The van der Waals surface area contributed by atoms with E-state index in [0.717, 1.165) is 34.6 Å². The Hall–Kier alpha value is -0.510. The van der Waals surface area contributed by atoms with Gasteiger partial charge in [0.15, 0.2) is 0 Å². The molecule has 0 aromatic heterocycles. The van der Waals surface area contributed by atoms with E-state index in [4.69, 9.17) is 16.3 Å². The molecule has 0 aliphatic heterocycles. The van der Waals surface area contributed by atoms with Crippen molar-refractivity contribution in [2.45, 2.75) is 13.0 Å². The normalized spacial score (nSPS) is 10.1. The summed E-state index contributed by atoms with van der Waals surface area (Å²) in [6.45, 7) is 5.86. The van der Waals surface area contributed by atoms with Crippen molar-refractivity contribution in [3.8, 4) is 0 Å². The Morgan fingerprint density at radius 1 is 1.50 bits per heavy atom. The van der Waals surface area contributed by atoms with E-state index in [2.05, 4.69) is 27.8 Å². The van der Waals surface area contributed by atoms with Gasteiger partial charge in [-0.15, -0.1) is 0 Å². The number of ether oxygens (including phenoxy) is 1. The van der Waals surface area contributed by atoms with Crippen LogP contribution in [0.5, 0.6) is 0 Å². The third-order valence-electron chi connectivity index (χ3n) is 2.06. The summed E-state index contributed by atoms with van der Waals surface area (Å²) >= 11 is 9.46. The van der Waals surface area contributed by atoms with Gasteiger partial charge in [0, 0.05) is 16.0 Å². The van der Waals surface area contributed by atoms with E-state index in [9.17, 15) is 0 Å². The quantitative estimate of drug-likeness (QED) is 0.612. The SMILES string of the molecule is C=COCCCNCc1ccc(Br)cc1Cl. The number of hydrogen-bond acceptors (Lipinski definition) is 2. The first-order valence-corrected chi connectivity index (χ1v) is 6.28. The van der Waals surface area contributed by atoms with Crippen LogP contribution in [0.4, 0.5) is 0 Å². The smallest absolute Gasteiger partial charge is 0.0885 e. The van der Waals surface area contributed by atoms with Crippen molar-refractivity contribution >= 4 is 27.5 Å². The molecule has 0 saturated carbocycles. The monoisotopic (exact) mass is 303 g/mol. The number of halogens is 2. The highest BCUT2D eigenvalue weighted by atomic mass is 79.9. The van der Waals surface area contributed by atoms with E-state index in [1.165, 1.54) is 6.26 Å². The molecular formula is C12H15BrClNO. The van der Waals surface area contributed by atoms with E-state index < -0.39 is 0 Å². The van der Waals surface area contributed by atoms with Crippen molar-refractivity contribution in [1.29, 1.82) is 0 Å². The van der Waals surface area contributed by atoms with E-state index in [0.29, 0.717) is 6.61 Å². The zero-order chi connectivity index (χ0) is 11.8. The molecule has 0 aliphatic carbocycles. The van der Waals surface area contributed by atoms with Crippen LogP contribution in [0.15, 0.2) is 35.5 Å². The summed E-state index contributed by atoms with van der Waals surface area (Å²) < 4.78 is 6.02. The Morgan fingerprint density at radius 2 is 2.31 bits per heavy atom. The molecule has 0 saturated heterocycles. The van der Waals surface area contributed by atoms with Crippen molar-refractivity contribution in [1.82, 2.24) is 5.32 Å². The first-order valence-electron chi connectivity index (χ1n) is 5.11. The van der Waals surface area contributed by atoms with E-state index in [1.54, 1.807) is 0 Å². The third-order valence-corrected chi connectivity index (χ3v) is 2.91. The van der Waals surface area contributed by atoms with Crippen LogP contribution in [-0.2, 0) is 11.3 Å². The van der Waals surface area contributed by atoms with Crippen LogP contribution in [0.3, 0.4) is 0 Å². The molecule has 0 unspecified atom stereocenters. The highest BCUT2D eigenvalue weighted by Crippen LogP contribution is 2.20. The minimum atomic E-state index is 0.699. The van der Waals surface area contributed by atoms with Crippen LogP contribution in [0.25, 0.3) is 0 Å². The molecule has 1 aromatic carbocycles. The molecule has 0 amide bonds. The Bertz CT molecular complexity index is 344. The van der Waals surface area contributed by atoms with Gasteiger partial charge in [0.1, 0.15) is 0 Å². The number of nitrogens with one attached hydrogen (secondary N) is 1. The lowest BCUT2D eigenvalue weighted by atomic mass is 10.2. The van der Waals surface area contributed by atoms with Crippen LogP contribution in [0, 0.1) is 0 Å². The second kappa shape index (κ2) is 7.71. The van der Waals surface area contributed by atoms with Gasteiger partial charge in [-0.3, -0.25) is 0 Å². The number of benzene rings is 1. The fourth-order valence-electron chi connectivity index (χ4n) is 1.25.